The Labute approximate surface area is 270 Å². The number of ether oxygens (including phenoxy) is 4. The third kappa shape index (κ3) is 3.97. The predicted molar refractivity (Wildman–Crippen MR) is 163 cm³/mol. The summed E-state index contributed by atoms with van der Waals surface area (Å²) in [6.07, 6.45) is -1.08. The highest BCUT2D eigenvalue weighted by Crippen LogP contribution is 2.85. The highest BCUT2D eigenvalue weighted by atomic mass is 16.7. The van der Waals surface area contributed by atoms with Gasteiger partial charge >= 0.3 is 17.9 Å². The molecule has 46 heavy (non-hydrogen) atoms. The van der Waals surface area contributed by atoms with E-state index in [9.17, 15) is 34.2 Å². The van der Waals surface area contributed by atoms with E-state index in [1.165, 1.54) is 26.8 Å². The van der Waals surface area contributed by atoms with Gasteiger partial charge in [-0.15, -0.1) is 0 Å². The van der Waals surface area contributed by atoms with Crippen LogP contribution < -0.4 is 0 Å². The molecule has 1 heterocycles. The van der Waals surface area contributed by atoms with Crippen LogP contribution in [0.1, 0.15) is 101 Å². The Morgan fingerprint density at radius 1 is 1.02 bits per heavy atom. The number of Topliss-reactive ketones (excluding diaryl/α,β-unsaturated/α-hetero) is 2. The van der Waals surface area contributed by atoms with Gasteiger partial charge in [-0.3, -0.25) is 19.2 Å². The van der Waals surface area contributed by atoms with E-state index < -0.39 is 98.9 Å². The zero-order valence-electron chi connectivity index (χ0n) is 28.7. The summed E-state index contributed by atoms with van der Waals surface area (Å²) >= 11 is 0. The molecular weight excluding hydrogens is 596 g/mol. The number of aliphatic hydroxyl groups is 2. The average molecular weight is 647 g/mol. The Kier molecular flexibility index (Phi) is 8.06. The zero-order chi connectivity index (χ0) is 34.6. The summed E-state index contributed by atoms with van der Waals surface area (Å²) in [5, 5.41) is 26.2. The fourth-order valence-electron chi connectivity index (χ4n) is 9.71. The molecule has 4 saturated carbocycles. The highest BCUT2D eigenvalue weighted by molar-refractivity contribution is 6.05. The predicted octanol–water partition coefficient (Wildman–Crippen LogP) is 3.40. The van der Waals surface area contributed by atoms with E-state index in [0.29, 0.717) is 12.8 Å². The lowest BCUT2D eigenvalue weighted by Crippen LogP contribution is -2.90. The van der Waals surface area contributed by atoms with Crippen LogP contribution in [0.5, 0.6) is 0 Å². The molecule has 0 aromatic rings. The number of rotatable bonds is 10. The highest BCUT2D eigenvalue weighted by Gasteiger charge is 2.97. The maximum Gasteiger partial charge on any atom is 0.309 e. The van der Waals surface area contributed by atoms with Crippen molar-refractivity contribution in [2.45, 2.75) is 142 Å². The smallest absolute Gasteiger partial charge is 0.309 e. The second-order valence-corrected chi connectivity index (χ2v) is 15.3. The van der Waals surface area contributed by atoms with Crippen molar-refractivity contribution in [1.82, 2.24) is 0 Å². The minimum absolute atomic E-state index is 0.00336. The molecule has 1 saturated heterocycles. The van der Waals surface area contributed by atoms with E-state index in [-0.39, 0.29) is 30.6 Å². The number of hydrogen-bond donors (Lipinski definition) is 2. The van der Waals surface area contributed by atoms with Gasteiger partial charge in [0, 0.05) is 42.4 Å². The van der Waals surface area contributed by atoms with Gasteiger partial charge in [-0.25, -0.2) is 0 Å². The molecule has 0 aromatic heterocycles. The van der Waals surface area contributed by atoms with Gasteiger partial charge in [0.25, 0.3) is 0 Å². The van der Waals surface area contributed by atoms with Crippen molar-refractivity contribution >= 4 is 29.5 Å². The minimum atomic E-state index is -2.46. The third-order valence-corrected chi connectivity index (χ3v) is 12.8. The van der Waals surface area contributed by atoms with E-state index in [4.69, 9.17) is 18.9 Å². The van der Waals surface area contributed by atoms with Crippen molar-refractivity contribution in [3.63, 3.8) is 0 Å². The molecule has 11 heteroatoms. The van der Waals surface area contributed by atoms with Gasteiger partial charge in [-0.2, -0.15) is 0 Å². The quantitative estimate of drug-likeness (QED) is 0.203. The van der Waals surface area contributed by atoms with Crippen LogP contribution in [0.15, 0.2) is 11.6 Å². The topological polar surface area (TPSA) is 166 Å². The van der Waals surface area contributed by atoms with Gasteiger partial charge in [0.15, 0.2) is 23.1 Å². The standard InChI is InChI=1S/C35H50O11/c1-11-17(3)26(39)44-25-21(7)35(42)23-15-19(5)24(38)34(23,41)29(43-22(8)37)31(14-13-20(6)36)28(46-31)32(35)16-33(25,30(32,9)10)45-27(40)18(4)12-2/h15,17-18,21,23,25,28-29,41-42H,11-14,16H2,1-10H3. The van der Waals surface area contributed by atoms with Crippen LogP contribution in [-0.4, -0.2) is 80.4 Å². The first-order chi connectivity index (χ1) is 21.2. The third-order valence-electron chi connectivity index (χ3n) is 12.8. The molecule has 6 rings (SSSR count). The van der Waals surface area contributed by atoms with Crippen LogP contribution in [0.2, 0.25) is 0 Å². The van der Waals surface area contributed by atoms with E-state index in [1.807, 2.05) is 27.7 Å². The van der Waals surface area contributed by atoms with Crippen molar-refractivity contribution in [3.8, 4) is 0 Å². The number of hydrogen-bond acceptors (Lipinski definition) is 11. The molecule has 0 amide bonds. The number of carbonyl (C=O) groups excluding carboxylic acids is 5. The Hall–Kier alpha value is -2.63. The van der Waals surface area contributed by atoms with Crippen molar-refractivity contribution in [2.24, 2.45) is 34.5 Å². The lowest BCUT2D eigenvalue weighted by Gasteiger charge is -2.79. The van der Waals surface area contributed by atoms with Gasteiger partial charge < -0.3 is 34.0 Å². The van der Waals surface area contributed by atoms with Crippen molar-refractivity contribution < 1.29 is 53.1 Å². The molecule has 256 valence electrons. The van der Waals surface area contributed by atoms with Crippen LogP contribution in [0, 0.1) is 34.5 Å². The summed E-state index contributed by atoms with van der Waals surface area (Å²) in [6, 6.07) is 0. The molecule has 0 radical (unpaired) electrons. The monoisotopic (exact) mass is 646 g/mol. The van der Waals surface area contributed by atoms with Crippen LogP contribution >= 0.6 is 0 Å². The van der Waals surface area contributed by atoms with E-state index in [2.05, 4.69) is 0 Å². The van der Waals surface area contributed by atoms with E-state index >= 15 is 0 Å². The van der Waals surface area contributed by atoms with E-state index in [0.717, 1.165) is 0 Å². The molecule has 12 unspecified atom stereocenters. The van der Waals surface area contributed by atoms with Crippen LogP contribution in [0.4, 0.5) is 0 Å². The lowest BCUT2D eigenvalue weighted by molar-refractivity contribution is -0.418. The number of carbonyl (C=O) groups is 5. The number of epoxide rings is 1. The molecule has 5 fully saturated rings. The number of fused-ring (bicyclic) bond motifs is 3. The summed E-state index contributed by atoms with van der Waals surface area (Å²) in [6.45, 7) is 16.7. The fraction of sp³-hybridized carbons (Fsp3) is 0.800. The van der Waals surface area contributed by atoms with Crippen molar-refractivity contribution in [2.75, 3.05) is 0 Å². The summed E-state index contributed by atoms with van der Waals surface area (Å²) < 4.78 is 25.1. The molecule has 0 aromatic carbocycles. The molecule has 1 spiro atoms. The first kappa shape index (κ1) is 34.7. The Balaban J connectivity index is 1.79. The molecule has 6 aliphatic rings. The minimum Gasteiger partial charge on any atom is -0.457 e. The molecule has 2 N–H and O–H groups in total. The van der Waals surface area contributed by atoms with Gasteiger partial charge in [-0.05, 0) is 38.7 Å². The second-order valence-electron chi connectivity index (χ2n) is 15.3. The van der Waals surface area contributed by atoms with Crippen LogP contribution in [0.3, 0.4) is 0 Å². The molecule has 5 aliphatic carbocycles. The van der Waals surface area contributed by atoms with Gasteiger partial charge in [0.2, 0.25) is 0 Å². The van der Waals surface area contributed by atoms with Crippen molar-refractivity contribution in [3.05, 3.63) is 11.6 Å². The summed E-state index contributed by atoms with van der Waals surface area (Å²) in [5.74, 6) is -5.90. The average Bonchev–Trinajstić information content (AvgIpc) is 3.68. The maximum atomic E-state index is 14.1. The first-order valence-electron chi connectivity index (χ1n) is 16.7. The summed E-state index contributed by atoms with van der Waals surface area (Å²) in [5.41, 5.74) is -9.67. The second kappa shape index (κ2) is 10.7. The zero-order valence-corrected chi connectivity index (χ0v) is 28.7. The Bertz CT molecular complexity index is 1400. The van der Waals surface area contributed by atoms with Crippen LogP contribution in [-0.2, 0) is 42.9 Å². The van der Waals surface area contributed by atoms with Gasteiger partial charge in [0.1, 0.15) is 23.6 Å². The summed E-state index contributed by atoms with van der Waals surface area (Å²) in [7, 11) is 0. The Morgan fingerprint density at radius 2 is 1.61 bits per heavy atom. The van der Waals surface area contributed by atoms with Gasteiger partial charge in [-0.1, -0.05) is 54.5 Å². The SMILES string of the molecule is CCC(C)C(=O)OC1C(C)C2(O)C3C=C(C)C(=O)C3(O)C(OC(C)=O)C3(CCC(C)=O)OC3C23CC1(OC(=O)C(C)CC)C3(C)C. The lowest BCUT2D eigenvalue weighted by atomic mass is 9.27. The normalized spacial score (nSPS) is 44.1. The summed E-state index contributed by atoms with van der Waals surface area (Å²) in [4.78, 5) is 66.1. The van der Waals surface area contributed by atoms with Gasteiger partial charge in [0.05, 0.1) is 17.4 Å². The largest absolute Gasteiger partial charge is 0.457 e. The number of ketones is 2. The van der Waals surface area contributed by atoms with Crippen LogP contribution in [0.25, 0.3) is 0 Å². The number of esters is 3. The van der Waals surface area contributed by atoms with E-state index in [1.54, 1.807) is 20.8 Å². The van der Waals surface area contributed by atoms with Crippen molar-refractivity contribution in [1.29, 1.82) is 0 Å². The Morgan fingerprint density at radius 3 is 2.13 bits per heavy atom. The molecule has 2 bridgehead atoms. The molecular formula is C35H50O11. The first-order valence-corrected chi connectivity index (χ1v) is 16.7. The maximum absolute atomic E-state index is 14.1. The molecule has 12 atom stereocenters. The fourth-order valence-corrected chi connectivity index (χ4v) is 9.71. The molecule has 11 nitrogen and oxygen atoms in total. The molecule has 1 aliphatic heterocycles.